The van der Waals surface area contributed by atoms with Gasteiger partial charge in [0.15, 0.2) is 5.75 Å². The Labute approximate surface area is 165 Å². The van der Waals surface area contributed by atoms with Gasteiger partial charge in [0.05, 0.1) is 37.7 Å². The smallest absolute Gasteiger partial charge is 0.350 e. The number of rotatable bonds is 9. The largest absolute Gasteiger partial charge is 0.490 e. The molecule has 150 valence electrons. The van der Waals surface area contributed by atoms with Crippen molar-refractivity contribution in [3.63, 3.8) is 0 Å². The Morgan fingerprint density at radius 2 is 2.14 bits per heavy atom. The van der Waals surface area contributed by atoms with Crippen molar-refractivity contribution in [2.45, 2.75) is 20.3 Å². The standard InChI is InChI=1S/C17H20N4O6S/c1-5-11-15(16(22)26-4)28-17(19-11)20-18-9-10-7-12(21(23)24)14(25-3)13(8-10)27-6-2/h7-9H,5-6H2,1-4H3,(H,19,20)/b18-9-. The van der Waals surface area contributed by atoms with Gasteiger partial charge >= 0.3 is 11.7 Å². The van der Waals surface area contributed by atoms with Gasteiger partial charge < -0.3 is 14.2 Å². The van der Waals surface area contributed by atoms with Crippen LogP contribution in [0.5, 0.6) is 11.5 Å². The van der Waals surface area contributed by atoms with Crippen LogP contribution in [0.2, 0.25) is 0 Å². The number of carbonyl (C=O) groups is 1. The fraction of sp³-hybridized carbons (Fsp3) is 0.353. The number of thiazole rings is 1. The number of methoxy groups -OCH3 is 2. The number of esters is 1. The molecule has 1 aromatic carbocycles. The first-order valence-electron chi connectivity index (χ1n) is 8.31. The van der Waals surface area contributed by atoms with E-state index in [0.29, 0.717) is 34.3 Å². The molecule has 0 amide bonds. The zero-order valence-electron chi connectivity index (χ0n) is 15.8. The van der Waals surface area contributed by atoms with Crippen LogP contribution in [0.15, 0.2) is 17.2 Å². The molecule has 10 nitrogen and oxygen atoms in total. The second-order valence-electron chi connectivity index (χ2n) is 5.27. The van der Waals surface area contributed by atoms with Gasteiger partial charge in [-0.15, -0.1) is 0 Å². The van der Waals surface area contributed by atoms with Crippen molar-refractivity contribution < 1.29 is 23.9 Å². The van der Waals surface area contributed by atoms with E-state index in [-0.39, 0.29) is 17.2 Å². The third-order valence-corrected chi connectivity index (χ3v) is 4.52. The Bertz CT molecular complexity index is 896. The van der Waals surface area contributed by atoms with Gasteiger partial charge in [0.25, 0.3) is 0 Å². The predicted octanol–water partition coefficient (Wildman–Crippen LogP) is 3.25. The van der Waals surface area contributed by atoms with Crippen LogP contribution in [0.1, 0.15) is 34.8 Å². The summed E-state index contributed by atoms with van der Waals surface area (Å²) in [6, 6.07) is 2.91. The minimum atomic E-state index is -0.552. The molecule has 0 aliphatic carbocycles. The van der Waals surface area contributed by atoms with Gasteiger partial charge in [-0.25, -0.2) is 9.78 Å². The van der Waals surface area contributed by atoms with E-state index in [2.05, 4.69) is 15.5 Å². The summed E-state index contributed by atoms with van der Waals surface area (Å²) >= 11 is 1.11. The molecule has 0 unspecified atom stereocenters. The Hall–Kier alpha value is -3.21. The normalized spacial score (nSPS) is 10.7. The molecule has 28 heavy (non-hydrogen) atoms. The number of aromatic nitrogens is 1. The second-order valence-corrected chi connectivity index (χ2v) is 6.27. The van der Waals surface area contributed by atoms with Crippen LogP contribution >= 0.6 is 11.3 Å². The maximum atomic E-state index is 11.8. The summed E-state index contributed by atoms with van der Waals surface area (Å²) in [4.78, 5) is 27.2. The summed E-state index contributed by atoms with van der Waals surface area (Å²) in [6.45, 7) is 3.96. The quantitative estimate of drug-likeness (QED) is 0.290. The fourth-order valence-corrected chi connectivity index (χ4v) is 3.26. The van der Waals surface area contributed by atoms with Gasteiger partial charge in [-0.1, -0.05) is 18.3 Å². The molecule has 11 heteroatoms. The van der Waals surface area contributed by atoms with E-state index >= 15 is 0 Å². The van der Waals surface area contributed by atoms with Crippen LogP contribution in [-0.2, 0) is 11.2 Å². The molecule has 0 atom stereocenters. The Morgan fingerprint density at radius 1 is 1.39 bits per heavy atom. The lowest BCUT2D eigenvalue weighted by atomic mass is 10.2. The highest BCUT2D eigenvalue weighted by molar-refractivity contribution is 7.17. The summed E-state index contributed by atoms with van der Waals surface area (Å²) < 4.78 is 15.3. The number of nitrogens with zero attached hydrogens (tertiary/aromatic N) is 3. The molecule has 0 bridgehead atoms. The zero-order chi connectivity index (χ0) is 20.7. The molecule has 1 heterocycles. The van der Waals surface area contributed by atoms with Crippen molar-refractivity contribution in [3.8, 4) is 11.5 Å². The highest BCUT2D eigenvalue weighted by Gasteiger charge is 2.21. The number of hydrazone groups is 1. The van der Waals surface area contributed by atoms with Gasteiger partial charge in [-0.05, 0) is 19.4 Å². The molecule has 0 spiro atoms. The molecule has 0 aliphatic heterocycles. The first-order chi connectivity index (χ1) is 13.4. The summed E-state index contributed by atoms with van der Waals surface area (Å²) in [5, 5.41) is 15.8. The van der Waals surface area contributed by atoms with Crippen molar-refractivity contribution in [2.75, 3.05) is 26.3 Å². The van der Waals surface area contributed by atoms with Crippen molar-refractivity contribution in [1.82, 2.24) is 4.98 Å². The van der Waals surface area contributed by atoms with E-state index in [9.17, 15) is 14.9 Å². The molecule has 0 saturated heterocycles. The Balaban J connectivity index is 2.28. The number of nitro groups is 1. The molecule has 2 rings (SSSR count). The monoisotopic (exact) mass is 408 g/mol. The topological polar surface area (TPSA) is 125 Å². The lowest BCUT2D eigenvalue weighted by Crippen LogP contribution is -2.01. The van der Waals surface area contributed by atoms with Gasteiger partial charge in [0, 0.05) is 11.6 Å². The van der Waals surface area contributed by atoms with Crippen LogP contribution in [0.4, 0.5) is 10.8 Å². The average Bonchev–Trinajstić information content (AvgIpc) is 3.10. The highest BCUT2D eigenvalue weighted by atomic mass is 32.1. The molecule has 2 aromatic rings. The molecule has 0 aliphatic rings. The summed E-state index contributed by atoms with van der Waals surface area (Å²) in [6.07, 6.45) is 1.95. The number of benzene rings is 1. The predicted molar refractivity (Wildman–Crippen MR) is 105 cm³/mol. The van der Waals surface area contributed by atoms with Gasteiger partial charge in [-0.2, -0.15) is 5.10 Å². The van der Waals surface area contributed by atoms with Crippen LogP contribution < -0.4 is 14.9 Å². The molecule has 0 saturated carbocycles. The molecular formula is C17H20N4O6S. The van der Waals surface area contributed by atoms with E-state index in [4.69, 9.17) is 14.2 Å². The van der Waals surface area contributed by atoms with E-state index in [1.54, 1.807) is 13.0 Å². The molecule has 1 N–H and O–H groups in total. The van der Waals surface area contributed by atoms with Gasteiger partial charge in [0.1, 0.15) is 4.88 Å². The number of carbonyl (C=O) groups excluding carboxylic acids is 1. The van der Waals surface area contributed by atoms with Crippen LogP contribution in [0.3, 0.4) is 0 Å². The number of aryl methyl sites for hydroxylation is 1. The van der Waals surface area contributed by atoms with Crippen LogP contribution in [-0.4, -0.2) is 42.9 Å². The fourth-order valence-electron chi connectivity index (χ4n) is 2.34. The minimum absolute atomic E-state index is 0.0483. The van der Waals surface area contributed by atoms with E-state index in [1.165, 1.54) is 26.5 Å². The average molecular weight is 408 g/mol. The first kappa shape index (κ1) is 21.1. The molecule has 0 radical (unpaired) electrons. The molecular weight excluding hydrogens is 388 g/mol. The number of hydrogen-bond acceptors (Lipinski definition) is 10. The van der Waals surface area contributed by atoms with E-state index in [0.717, 1.165) is 11.3 Å². The van der Waals surface area contributed by atoms with Crippen LogP contribution in [0.25, 0.3) is 0 Å². The number of hydrogen-bond donors (Lipinski definition) is 1. The third-order valence-electron chi connectivity index (χ3n) is 3.54. The minimum Gasteiger partial charge on any atom is -0.490 e. The van der Waals surface area contributed by atoms with Crippen molar-refractivity contribution in [2.24, 2.45) is 5.10 Å². The SMILES string of the molecule is CCOc1cc(/C=N\Nc2nc(CC)c(C(=O)OC)s2)cc([N+](=O)[O-])c1OC. The maximum absolute atomic E-state index is 11.8. The van der Waals surface area contributed by atoms with Gasteiger partial charge in [-0.3, -0.25) is 15.5 Å². The molecule has 1 aromatic heterocycles. The number of nitrogens with one attached hydrogen (secondary N) is 1. The lowest BCUT2D eigenvalue weighted by molar-refractivity contribution is -0.385. The maximum Gasteiger partial charge on any atom is 0.350 e. The van der Waals surface area contributed by atoms with E-state index in [1.807, 2.05) is 6.92 Å². The summed E-state index contributed by atoms with van der Waals surface area (Å²) in [7, 11) is 2.64. The zero-order valence-corrected chi connectivity index (χ0v) is 16.7. The number of anilines is 1. The Kier molecular flexibility index (Phi) is 7.27. The highest BCUT2D eigenvalue weighted by Crippen LogP contribution is 2.37. The molecule has 0 fully saturated rings. The van der Waals surface area contributed by atoms with Crippen molar-refractivity contribution in [1.29, 1.82) is 0 Å². The van der Waals surface area contributed by atoms with E-state index < -0.39 is 10.9 Å². The Morgan fingerprint density at radius 3 is 2.71 bits per heavy atom. The second kappa shape index (κ2) is 9.65. The number of nitro benzene ring substituents is 1. The number of ether oxygens (including phenoxy) is 3. The lowest BCUT2D eigenvalue weighted by Gasteiger charge is -2.10. The summed E-state index contributed by atoms with van der Waals surface area (Å²) in [5.41, 5.74) is 3.53. The third kappa shape index (κ3) is 4.74. The summed E-state index contributed by atoms with van der Waals surface area (Å²) in [5.74, 6) is -0.165. The first-order valence-corrected chi connectivity index (χ1v) is 9.13. The van der Waals surface area contributed by atoms with Gasteiger partial charge in [0.2, 0.25) is 10.9 Å². The van der Waals surface area contributed by atoms with Crippen molar-refractivity contribution >= 4 is 34.3 Å². The van der Waals surface area contributed by atoms with Crippen molar-refractivity contribution in [3.05, 3.63) is 38.4 Å². The van der Waals surface area contributed by atoms with Crippen LogP contribution in [0, 0.1) is 10.1 Å².